The number of hydrogen-bond donors (Lipinski definition) is 1. The summed E-state index contributed by atoms with van der Waals surface area (Å²) < 4.78 is 0. The number of nitrogens with two attached hydrogens (primary N) is 1. The fourth-order valence-corrected chi connectivity index (χ4v) is 3.94. The van der Waals surface area contributed by atoms with Crippen LogP contribution in [0.25, 0.3) is 0 Å². The minimum Gasteiger partial charge on any atom is -0.330 e. The summed E-state index contributed by atoms with van der Waals surface area (Å²) in [5, 5.41) is 0. The summed E-state index contributed by atoms with van der Waals surface area (Å²) >= 11 is 2.05. The van der Waals surface area contributed by atoms with Crippen molar-refractivity contribution in [2.24, 2.45) is 11.7 Å². The van der Waals surface area contributed by atoms with Gasteiger partial charge < -0.3 is 5.73 Å². The van der Waals surface area contributed by atoms with E-state index in [0.717, 1.165) is 19.0 Å². The number of hydrogen-bond acceptors (Lipinski definition) is 3. The molecule has 0 aliphatic carbocycles. The molecule has 3 rings (SSSR count). The number of nitrogens with zero attached hydrogens (tertiary/aromatic N) is 1. The van der Waals surface area contributed by atoms with Gasteiger partial charge in [-0.05, 0) is 37.1 Å². The van der Waals surface area contributed by atoms with Gasteiger partial charge in [-0.25, -0.2) is 0 Å². The van der Waals surface area contributed by atoms with Crippen LogP contribution in [-0.2, 0) is 0 Å². The van der Waals surface area contributed by atoms with Crippen LogP contribution in [-0.4, -0.2) is 36.5 Å². The Hall–Kier alpha value is -0.510. The smallest absolute Gasteiger partial charge is 0.0348 e. The molecule has 1 aromatic carbocycles. The molecule has 0 aromatic heterocycles. The molecule has 2 N–H and O–H groups in total. The summed E-state index contributed by atoms with van der Waals surface area (Å²) in [6.07, 6.45) is 1.21. The van der Waals surface area contributed by atoms with Crippen molar-refractivity contribution in [3.63, 3.8) is 0 Å². The van der Waals surface area contributed by atoms with Gasteiger partial charge in [-0.1, -0.05) is 24.3 Å². The quantitative estimate of drug-likeness (QED) is 0.907. The molecule has 0 amide bonds. The standard InChI is InChI=1S/C15H22N2S/c1-17-8-11(7-16)6-15(17)13-4-2-12(3-5-13)14-9-18-10-14/h2-5,11,14-15H,6-10,16H2,1H3. The molecule has 18 heavy (non-hydrogen) atoms. The van der Waals surface area contributed by atoms with E-state index >= 15 is 0 Å². The molecule has 2 fully saturated rings. The van der Waals surface area contributed by atoms with Gasteiger partial charge in [-0.3, -0.25) is 4.90 Å². The van der Waals surface area contributed by atoms with E-state index in [1.165, 1.54) is 29.1 Å². The molecule has 3 heteroatoms. The lowest BCUT2D eigenvalue weighted by Gasteiger charge is -2.26. The summed E-state index contributed by atoms with van der Waals surface area (Å²) in [6, 6.07) is 9.91. The molecule has 0 saturated carbocycles. The van der Waals surface area contributed by atoms with Crippen LogP contribution >= 0.6 is 11.8 Å². The number of likely N-dealkylation sites (tertiary alicyclic amines) is 1. The van der Waals surface area contributed by atoms with Crippen molar-refractivity contribution < 1.29 is 0 Å². The molecule has 2 nitrogen and oxygen atoms in total. The summed E-state index contributed by atoms with van der Waals surface area (Å²) in [7, 11) is 2.22. The minimum atomic E-state index is 0.573. The van der Waals surface area contributed by atoms with E-state index in [-0.39, 0.29) is 0 Å². The van der Waals surface area contributed by atoms with E-state index in [1.807, 2.05) is 0 Å². The Bertz CT molecular complexity index is 399. The van der Waals surface area contributed by atoms with Crippen LogP contribution in [0.2, 0.25) is 0 Å². The monoisotopic (exact) mass is 262 g/mol. The van der Waals surface area contributed by atoms with E-state index in [0.29, 0.717) is 12.0 Å². The van der Waals surface area contributed by atoms with Gasteiger partial charge in [0.05, 0.1) is 0 Å². The molecule has 2 atom stereocenters. The number of rotatable bonds is 3. The maximum absolute atomic E-state index is 5.80. The predicted octanol–water partition coefficient (Wildman–Crippen LogP) is 2.47. The molecular weight excluding hydrogens is 240 g/mol. The summed E-state index contributed by atoms with van der Waals surface area (Å²) in [5.74, 6) is 4.08. The second-order valence-electron chi connectivity index (χ2n) is 5.69. The number of thioether (sulfide) groups is 1. The first-order valence-electron chi connectivity index (χ1n) is 6.86. The van der Waals surface area contributed by atoms with Crippen LogP contribution in [0.1, 0.15) is 29.5 Å². The first-order valence-corrected chi connectivity index (χ1v) is 8.01. The average Bonchev–Trinajstić information content (AvgIpc) is 2.70. The van der Waals surface area contributed by atoms with E-state index in [9.17, 15) is 0 Å². The van der Waals surface area contributed by atoms with Crippen LogP contribution in [0.4, 0.5) is 0 Å². The van der Waals surface area contributed by atoms with Gasteiger partial charge in [-0.15, -0.1) is 0 Å². The average molecular weight is 262 g/mol. The molecule has 98 valence electrons. The van der Waals surface area contributed by atoms with Crippen LogP contribution in [0.15, 0.2) is 24.3 Å². The van der Waals surface area contributed by atoms with E-state index in [1.54, 1.807) is 0 Å². The topological polar surface area (TPSA) is 29.3 Å². The van der Waals surface area contributed by atoms with E-state index in [2.05, 4.69) is 48.0 Å². The Morgan fingerprint density at radius 3 is 2.39 bits per heavy atom. The molecule has 2 aliphatic rings. The molecule has 0 spiro atoms. The van der Waals surface area contributed by atoms with Gasteiger partial charge in [-0.2, -0.15) is 11.8 Å². The maximum Gasteiger partial charge on any atom is 0.0348 e. The summed E-state index contributed by atoms with van der Waals surface area (Å²) in [6.45, 7) is 1.96. The third-order valence-electron chi connectivity index (χ3n) is 4.40. The molecule has 0 bridgehead atoms. The summed E-state index contributed by atoms with van der Waals surface area (Å²) in [4.78, 5) is 2.45. The molecule has 0 radical (unpaired) electrons. The molecular formula is C15H22N2S. The van der Waals surface area contributed by atoms with Crippen molar-refractivity contribution in [3.8, 4) is 0 Å². The van der Waals surface area contributed by atoms with Crippen molar-refractivity contribution in [1.29, 1.82) is 0 Å². The molecule has 2 unspecified atom stereocenters. The highest BCUT2D eigenvalue weighted by Crippen LogP contribution is 2.37. The Labute approximate surface area is 114 Å². The van der Waals surface area contributed by atoms with Gasteiger partial charge >= 0.3 is 0 Å². The third kappa shape index (κ3) is 2.31. The normalized spacial score (nSPS) is 29.4. The van der Waals surface area contributed by atoms with Crippen molar-refractivity contribution in [3.05, 3.63) is 35.4 Å². The van der Waals surface area contributed by atoms with Gasteiger partial charge in [0.25, 0.3) is 0 Å². The van der Waals surface area contributed by atoms with Crippen LogP contribution < -0.4 is 5.73 Å². The highest BCUT2D eigenvalue weighted by molar-refractivity contribution is 8.00. The Balaban J connectivity index is 1.72. The minimum absolute atomic E-state index is 0.573. The highest BCUT2D eigenvalue weighted by Gasteiger charge is 2.29. The van der Waals surface area contributed by atoms with Crippen LogP contribution in [0, 0.1) is 5.92 Å². The molecule has 2 saturated heterocycles. The first-order chi connectivity index (χ1) is 8.78. The fraction of sp³-hybridized carbons (Fsp3) is 0.600. The predicted molar refractivity (Wildman–Crippen MR) is 79.0 cm³/mol. The van der Waals surface area contributed by atoms with Crippen LogP contribution in [0.3, 0.4) is 0 Å². The maximum atomic E-state index is 5.80. The van der Waals surface area contributed by atoms with Crippen molar-refractivity contribution >= 4 is 11.8 Å². The highest BCUT2D eigenvalue weighted by atomic mass is 32.2. The van der Waals surface area contributed by atoms with Gasteiger partial charge in [0.1, 0.15) is 0 Å². The van der Waals surface area contributed by atoms with Gasteiger partial charge in [0.15, 0.2) is 0 Å². The van der Waals surface area contributed by atoms with Gasteiger partial charge in [0, 0.05) is 30.0 Å². The molecule has 2 aliphatic heterocycles. The second kappa shape index (κ2) is 5.24. The zero-order valence-corrected chi connectivity index (χ0v) is 11.8. The first kappa shape index (κ1) is 12.5. The zero-order valence-electron chi connectivity index (χ0n) is 11.0. The fourth-order valence-electron chi connectivity index (χ4n) is 3.08. The largest absolute Gasteiger partial charge is 0.330 e. The SMILES string of the molecule is CN1CC(CN)CC1c1ccc(C2CSC2)cc1. The Kier molecular flexibility index (Phi) is 3.64. The molecule has 2 heterocycles. The zero-order chi connectivity index (χ0) is 12.5. The Morgan fingerprint density at radius 2 is 1.89 bits per heavy atom. The van der Waals surface area contributed by atoms with Gasteiger partial charge in [0.2, 0.25) is 0 Å². The Morgan fingerprint density at radius 1 is 1.22 bits per heavy atom. The third-order valence-corrected chi connectivity index (χ3v) is 5.68. The van der Waals surface area contributed by atoms with E-state index < -0.39 is 0 Å². The molecule has 1 aromatic rings. The lowest BCUT2D eigenvalue weighted by molar-refractivity contribution is 0.313. The number of benzene rings is 1. The summed E-state index contributed by atoms with van der Waals surface area (Å²) in [5.41, 5.74) is 8.78. The van der Waals surface area contributed by atoms with E-state index in [4.69, 9.17) is 5.73 Å². The lowest BCUT2D eigenvalue weighted by atomic mass is 9.96. The lowest BCUT2D eigenvalue weighted by Crippen LogP contribution is -2.20. The van der Waals surface area contributed by atoms with Crippen LogP contribution in [0.5, 0.6) is 0 Å². The second-order valence-corrected chi connectivity index (χ2v) is 6.77. The van der Waals surface area contributed by atoms with Crippen molar-refractivity contribution in [2.45, 2.75) is 18.4 Å². The van der Waals surface area contributed by atoms with Crippen molar-refractivity contribution in [2.75, 3.05) is 31.6 Å². The van der Waals surface area contributed by atoms with Crippen molar-refractivity contribution in [1.82, 2.24) is 4.90 Å².